The first-order chi connectivity index (χ1) is 10.1. The number of nitrogens with zero attached hydrogens (tertiary/aromatic N) is 2. The van der Waals surface area contributed by atoms with Gasteiger partial charge in [-0.3, -0.25) is 0 Å². The summed E-state index contributed by atoms with van der Waals surface area (Å²) in [5, 5.41) is 3.52. The van der Waals surface area contributed by atoms with E-state index in [1.807, 2.05) is 0 Å². The van der Waals surface area contributed by atoms with Crippen LogP contribution >= 0.6 is 0 Å². The van der Waals surface area contributed by atoms with Gasteiger partial charge >= 0.3 is 6.18 Å². The van der Waals surface area contributed by atoms with E-state index in [9.17, 15) is 21.6 Å². The Bertz CT molecular complexity index is 771. The van der Waals surface area contributed by atoms with Gasteiger partial charge in [-0.05, 0) is 32.0 Å². The van der Waals surface area contributed by atoms with Gasteiger partial charge in [0.2, 0.25) is 15.9 Å². The van der Waals surface area contributed by atoms with Crippen molar-refractivity contribution in [3.63, 3.8) is 0 Å². The van der Waals surface area contributed by atoms with Gasteiger partial charge in [-0.25, -0.2) is 8.42 Å². The molecule has 1 aromatic heterocycles. The Labute approximate surface area is 124 Å². The van der Waals surface area contributed by atoms with Crippen molar-refractivity contribution in [1.82, 2.24) is 14.9 Å². The Balaban J connectivity index is 2.27. The zero-order valence-electron chi connectivity index (χ0n) is 11.5. The van der Waals surface area contributed by atoms with Gasteiger partial charge < -0.3 is 4.52 Å². The molecule has 0 aliphatic carbocycles. The molecule has 22 heavy (non-hydrogen) atoms. The maximum atomic E-state index is 12.6. The molecule has 0 bridgehead atoms. The largest absolute Gasteiger partial charge is 0.416 e. The van der Waals surface area contributed by atoms with Crippen molar-refractivity contribution in [2.75, 3.05) is 0 Å². The molecule has 0 fully saturated rings. The molecule has 0 saturated carbocycles. The number of hydrogen-bond donors (Lipinski definition) is 1. The van der Waals surface area contributed by atoms with Gasteiger partial charge in [0.15, 0.2) is 5.82 Å². The number of rotatable bonds is 4. The predicted octanol–water partition coefficient (Wildman–Crippen LogP) is 2.44. The van der Waals surface area contributed by atoms with Gasteiger partial charge in [-0.1, -0.05) is 11.2 Å². The van der Waals surface area contributed by atoms with Gasteiger partial charge in [0.1, 0.15) is 0 Å². The third-order valence-corrected chi connectivity index (χ3v) is 4.26. The first-order valence-corrected chi connectivity index (χ1v) is 7.58. The van der Waals surface area contributed by atoms with E-state index in [2.05, 4.69) is 14.9 Å². The van der Waals surface area contributed by atoms with Crippen molar-refractivity contribution < 1.29 is 26.1 Å². The molecule has 2 aromatic rings. The Morgan fingerprint density at radius 1 is 1.32 bits per heavy atom. The molecule has 10 heteroatoms. The van der Waals surface area contributed by atoms with Crippen LogP contribution in [0.3, 0.4) is 0 Å². The molecule has 0 aliphatic heterocycles. The van der Waals surface area contributed by atoms with Crippen LogP contribution in [-0.4, -0.2) is 18.6 Å². The van der Waals surface area contributed by atoms with E-state index >= 15 is 0 Å². The Kier molecular flexibility index (Phi) is 4.25. The number of aromatic nitrogens is 2. The monoisotopic (exact) mass is 335 g/mol. The highest BCUT2D eigenvalue weighted by atomic mass is 32.2. The second kappa shape index (κ2) is 5.69. The lowest BCUT2D eigenvalue weighted by Gasteiger charge is -2.12. The molecule has 1 atom stereocenters. The summed E-state index contributed by atoms with van der Waals surface area (Å²) >= 11 is 0. The lowest BCUT2D eigenvalue weighted by atomic mass is 10.2. The van der Waals surface area contributed by atoms with E-state index in [1.54, 1.807) is 6.92 Å². The summed E-state index contributed by atoms with van der Waals surface area (Å²) in [4.78, 5) is 3.37. The fourth-order valence-corrected chi connectivity index (χ4v) is 2.92. The molecule has 0 spiro atoms. The minimum absolute atomic E-state index is 0.0213. The van der Waals surface area contributed by atoms with Crippen LogP contribution in [0.2, 0.25) is 0 Å². The zero-order chi connectivity index (χ0) is 16.5. The van der Waals surface area contributed by atoms with Crippen molar-refractivity contribution in [2.24, 2.45) is 0 Å². The number of nitrogens with one attached hydrogen (secondary N) is 1. The summed E-state index contributed by atoms with van der Waals surface area (Å²) in [5.41, 5.74) is -1.04. The summed E-state index contributed by atoms with van der Waals surface area (Å²) in [6, 6.07) is 2.58. The Morgan fingerprint density at radius 2 is 2.00 bits per heavy atom. The number of alkyl halides is 3. The van der Waals surface area contributed by atoms with Gasteiger partial charge in [-0.2, -0.15) is 22.9 Å². The minimum atomic E-state index is -4.62. The van der Waals surface area contributed by atoms with E-state index in [0.29, 0.717) is 11.9 Å². The lowest BCUT2D eigenvalue weighted by molar-refractivity contribution is -0.137. The average molecular weight is 335 g/mol. The zero-order valence-corrected chi connectivity index (χ0v) is 12.4. The van der Waals surface area contributed by atoms with Gasteiger partial charge in [0, 0.05) is 0 Å². The SMILES string of the molecule is Cc1noc(C(C)NS(=O)(=O)c2cccc(C(F)(F)F)c2)n1. The molecular formula is C12H12F3N3O3S. The highest BCUT2D eigenvalue weighted by Crippen LogP contribution is 2.30. The van der Waals surface area contributed by atoms with E-state index < -0.39 is 32.7 Å². The lowest BCUT2D eigenvalue weighted by Crippen LogP contribution is -2.27. The van der Waals surface area contributed by atoms with E-state index in [1.165, 1.54) is 6.92 Å². The average Bonchev–Trinajstić information content (AvgIpc) is 2.84. The van der Waals surface area contributed by atoms with Crippen LogP contribution in [0.4, 0.5) is 13.2 Å². The third kappa shape index (κ3) is 3.63. The molecule has 120 valence electrons. The summed E-state index contributed by atoms with van der Waals surface area (Å²) < 4.78 is 69.2. The van der Waals surface area contributed by atoms with Crippen molar-refractivity contribution in [2.45, 2.75) is 31.0 Å². The predicted molar refractivity (Wildman–Crippen MR) is 69.2 cm³/mol. The van der Waals surface area contributed by atoms with Gasteiger partial charge in [-0.15, -0.1) is 0 Å². The fourth-order valence-electron chi connectivity index (χ4n) is 1.68. The number of halogens is 3. The molecule has 6 nitrogen and oxygen atoms in total. The van der Waals surface area contributed by atoms with Crippen molar-refractivity contribution >= 4 is 10.0 Å². The second-order valence-electron chi connectivity index (χ2n) is 4.55. The number of aryl methyl sites for hydroxylation is 1. The standard InChI is InChI=1S/C12H12F3N3O3S/c1-7(11-16-8(2)17-21-11)18-22(19,20)10-5-3-4-9(6-10)12(13,14)15/h3-7,18H,1-2H3. The molecule has 1 unspecified atom stereocenters. The summed E-state index contributed by atoms with van der Waals surface area (Å²) in [5.74, 6) is 0.341. The smallest absolute Gasteiger partial charge is 0.338 e. The molecular weight excluding hydrogens is 323 g/mol. The Morgan fingerprint density at radius 3 is 2.55 bits per heavy atom. The molecule has 0 amide bonds. The van der Waals surface area contributed by atoms with Crippen LogP contribution in [0.5, 0.6) is 0 Å². The highest BCUT2D eigenvalue weighted by molar-refractivity contribution is 7.89. The van der Waals surface area contributed by atoms with Crippen LogP contribution in [0.1, 0.15) is 30.2 Å². The van der Waals surface area contributed by atoms with E-state index in [-0.39, 0.29) is 5.89 Å². The van der Waals surface area contributed by atoms with Gasteiger partial charge in [0.25, 0.3) is 0 Å². The minimum Gasteiger partial charge on any atom is -0.338 e. The maximum Gasteiger partial charge on any atom is 0.416 e. The van der Waals surface area contributed by atoms with Crippen LogP contribution < -0.4 is 4.72 Å². The fraction of sp³-hybridized carbons (Fsp3) is 0.333. The number of sulfonamides is 1. The van der Waals surface area contributed by atoms with Crippen LogP contribution in [0, 0.1) is 6.92 Å². The first-order valence-electron chi connectivity index (χ1n) is 6.09. The topological polar surface area (TPSA) is 85.1 Å². The normalized spacial score (nSPS) is 14.0. The molecule has 0 saturated heterocycles. The van der Waals surface area contributed by atoms with Gasteiger partial charge in [0.05, 0.1) is 16.5 Å². The second-order valence-corrected chi connectivity index (χ2v) is 6.26. The summed E-state index contributed by atoms with van der Waals surface area (Å²) in [6.45, 7) is 3.00. The Hall–Kier alpha value is -1.94. The van der Waals surface area contributed by atoms with E-state index in [0.717, 1.165) is 18.2 Å². The molecule has 2 rings (SSSR count). The summed E-state index contributed by atoms with van der Waals surface area (Å²) in [7, 11) is -4.16. The number of hydrogen-bond acceptors (Lipinski definition) is 5. The quantitative estimate of drug-likeness (QED) is 0.927. The van der Waals surface area contributed by atoms with E-state index in [4.69, 9.17) is 4.52 Å². The molecule has 1 aromatic carbocycles. The van der Waals surface area contributed by atoms with Crippen LogP contribution in [0.15, 0.2) is 33.7 Å². The first kappa shape index (κ1) is 16.4. The number of benzene rings is 1. The van der Waals surface area contributed by atoms with Crippen LogP contribution in [-0.2, 0) is 16.2 Å². The molecule has 0 aliphatic rings. The van der Waals surface area contributed by atoms with Crippen LogP contribution in [0.25, 0.3) is 0 Å². The molecule has 0 radical (unpaired) electrons. The summed E-state index contributed by atoms with van der Waals surface area (Å²) in [6.07, 6.45) is -4.62. The van der Waals surface area contributed by atoms with Crippen molar-refractivity contribution in [3.05, 3.63) is 41.5 Å². The van der Waals surface area contributed by atoms with Crippen molar-refractivity contribution in [3.8, 4) is 0 Å². The molecule has 1 heterocycles. The van der Waals surface area contributed by atoms with Crippen molar-refractivity contribution in [1.29, 1.82) is 0 Å². The highest BCUT2D eigenvalue weighted by Gasteiger charge is 2.32. The maximum absolute atomic E-state index is 12.6. The third-order valence-electron chi connectivity index (χ3n) is 2.72. The molecule has 1 N–H and O–H groups in total.